The maximum atomic E-state index is 13.6. The van der Waals surface area contributed by atoms with Crippen LogP contribution < -0.4 is 32.2 Å². The number of rotatable bonds is 13. The zero-order chi connectivity index (χ0) is 36.0. The molecule has 1 aliphatic carbocycles. The Bertz CT molecular complexity index is 1610. The largest absolute Gasteiger partial charge is 0.494 e. The van der Waals surface area contributed by atoms with E-state index in [0.717, 1.165) is 58.4 Å². The van der Waals surface area contributed by atoms with Gasteiger partial charge in [-0.2, -0.15) is 0 Å². The molecule has 266 valence electrons. The van der Waals surface area contributed by atoms with Gasteiger partial charge in [0, 0.05) is 63.8 Å². The predicted molar refractivity (Wildman–Crippen MR) is 203 cm³/mol. The fourth-order valence-electron chi connectivity index (χ4n) is 6.24. The van der Waals surface area contributed by atoms with Gasteiger partial charge in [0.2, 0.25) is 5.91 Å². The number of nitrogens with two attached hydrogens (primary N) is 2. The fraction of sp³-hybridized carbons (Fsp3) is 0.500. The first kappa shape index (κ1) is 37.3. The number of carbonyl (C=O) groups excluding carboxylic acids is 3. The Morgan fingerprint density at radius 3 is 2.40 bits per heavy atom. The molecule has 1 saturated carbocycles. The number of piperidine rings is 1. The van der Waals surface area contributed by atoms with Gasteiger partial charge in [0.1, 0.15) is 44.9 Å². The van der Waals surface area contributed by atoms with E-state index in [2.05, 4.69) is 30.7 Å². The lowest BCUT2D eigenvalue weighted by atomic mass is 9.49. The van der Waals surface area contributed by atoms with Crippen LogP contribution in [0.1, 0.15) is 35.4 Å². The summed E-state index contributed by atoms with van der Waals surface area (Å²) in [7, 11) is 7.06. The van der Waals surface area contributed by atoms with Gasteiger partial charge in [0.15, 0.2) is 5.75 Å². The van der Waals surface area contributed by atoms with Crippen molar-refractivity contribution in [3.05, 3.63) is 52.6 Å². The zero-order valence-corrected chi connectivity index (χ0v) is 30.3. The summed E-state index contributed by atoms with van der Waals surface area (Å²) in [4.78, 5) is 50.9. The van der Waals surface area contributed by atoms with Crippen molar-refractivity contribution >= 4 is 58.3 Å². The van der Waals surface area contributed by atoms with E-state index < -0.39 is 11.1 Å². The third-order valence-electron chi connectivity index (χ3n) is 9.07. The van der Waals surface area contributed by atoms with E-state index in [0.29, 0.717) is 46.0 Å². The van der Waals surface area contributed by atoms with E-state index in [-0.39, 0.29) is 41.6 Å². The minimum Gasteiger partial charge on any atom is -0.494 e. The summed E-state index contributed by atoms with van der Waals surface area (Å²) >= 11 is 1.30. The quantitative estimate of drug-likeness (QED) is 0.0739. The third kappa shape index (κ3) is 9.62. The lowest BCUT2D eigenvalue weighted by molar-refractivity contribution is -0.121. The van der Waals surface area contributed by atoms with Gasteiger partial charge >= 0.3 is 0 Å². The van der Waals surface area contributed by atoms with Crippen molar-refractivity contribution in [1.82, 2.24) is 30.3 Å². The van der Waals surface area contributed by atoms with Gasteiger partial charge in [-0.1, -0.05) is 6.07 Å². The number of allylic oxidation sites excluding steroid dienone is 1. The summed E-state index contributed by atoms with van der Waals surface area (Å²) in [6, 6.07) is 5.88. The number of aliphatic hydroxyl groups is 1. The summed E-state index contributed by atoms with van der Waals surface area (Å²) in [5.41, 5.74) is 13.7. The Labute approximate surface area is 300 Å². The number of likely N-dealkylation sites (tertiary alicyclic amines) is 1. The van der Waals surface area contributed by atoms with Crippen molar-refractivity contribution in [2.45, 2.75) is 37.0 Å². The highest BCUT2D eigenvalue weighted by Gasteiger charge is 2.31. The molecule has 8 N–H and O–H groups in total. The smallest absolute Gasteiger partial charge is 0.267 e. The Balaban J connectivity index is 1.30. The van der Waals surface area contributed by atoms with Crippen molar-refractivity contribution in [3.63, 3.8) is 0 Å². The van der Waals surface area contributed by atoms with Crippen LogP contribution >= 0.6 is 11.3 Å². The van der Waals surface area contributed by atoms with Crippen LogP contribution in [0.5, 0.6) is 5.75 Å². The van der Waals surface area contributed by atoms with Gasteiger partial charge < -0.3 is 42.2 Å². The summed E-state index contributed by atoms with van der Waals surface area (Å²) in [5, 5.41) is 18.0. The van der Waals surface area contributed by atoms with Crippen LogP contribution in [0.2, 0.25) is 0 Å². The van der Waals surface area contributed by atoms with E-state index in [1.165, 1.54) is 24.5 Å². The van der Waals surface area contributed by atoms with Crippen molar-refractivity contribution in [2.75, 3.05) is 64.8 Å². The number of benzene rings is 1. The monoisotopic (exact) mass is 703 g/mol. The third-order valence-corrected chi connectivity index (χ3v) is 10.1. The molecular formula is C32H48B3N9O5S. The SMILES string of the molecule is BC(B)(B)NC(=O)/C(N)=C(/C=C(\N)NC(=O)C1CC1)Nc1cccc(-c2ncc(C(=O)N3CCC(N4CCN(CCO)CC4)CC3)s2)c1OC. The summed E-state index contributed by atoms with van der Waals surface area (Å²) < 4.78 is 5.84. The molecule has 3 heterocycles. The number of nitrogens with zero attached hydrogens (tertiary/aromatic N) is 4. The molecule has 0 atom stereocenters. The summed E-state index contributed by atoms with van der Waals surface area (Å²) in [5.74, 6) is -0.324. The molecule has 3 aliphatic rings. The minimum atomic E-state index is -0.549. The first-order valence-electron chi connectivity index (χ1n) is 17.2. The second-order valence-electron chi connectivity index (χ2n) is 14.1. The number of piperazine rings is 1. The number of hydrogen-bond acceptors (Lipinski definition) is 12. The molecule has 0 spiro atoms. The molecule has 0 bridgehead atoms. The number of para-hydroxylation sites is 1. The number of hydrogen-bond donors (Lipinski definition) is 6. The van der Waals surface area contributed by atoms with E-state index in [1.807, 2.05) is 40.6 Å². The first-order valence-corrected chi connectivity index (χ1v) is 18.1. The Morgan fingerprint density at radius 2 is 1.78 bits per heavy atom. The molecule has 5 rings (SSSR count). The molecule has 3 amide bonds. The van der Waals surface area contributed by atoms with E-state index in [9.17, 15) is 19.5 Å². The highest BCUT2D eigenvalue weighted by Crippen LogP contribution is 2.39. The molecule has 3 fully saturated rings. The van der Waals surface area contributed by atoms with Crippen LogP contribution in [0.4, 0.5) is 5.69 Å². The number of anilines is 1. The van der Waals surface area contributed by atoms with Crippen molar-refractivity contribution in [3.8, 4) is 16.3 Å². The molecule has 18 heteroatoms. The average molecular weight is 703 g/mol. The van der Waals surface area contributed by atoms with Crippen molar-refractivity contribution < 1.29 is 24.2 Å². The molecule has 50 heavy (non-hydrogen) atoms. The summed E-state index contributed by atoms with van der Waals surface area (Å²) in [6.45, 7) is 6.19. The minimum absolute atomic E-state index is 0.0371. The van der Waals surface area contributed by atoms with Crippen LogP contribution in [0.25, 0.3) is 10.6 Å². The normalized spacial score (nSPS) is 18.7. The lowest BCUT2D eigenvalue weighted by Crippen LogP contribution is -2.54. The van der Waals surface area contributed by atoms with Crippen molar-refractivity contribution in [2.24, 2.45) is 17.4 Å². The second kappa shape index (κ2) is 16.4. The van der Waals surface area contributed by atoms with Gasteiger partial charge in [0.05, 0.1) is 36.9 Å². The zero-order valence-electron chi connectivity index (χ0n) is 29.5. The maximum Gasteiger partial charge on any atom is 0.267 e. The fourth-order valence-corrected chi connectivity index (χ4v) is 7.15. The number of methoxy groups -OCH3 is 1. The molecule has 0 radical (unpaired) electrons. The lowest BCUT2D eigenvalue weighted by Gasteiger charge is -2.42. The van der Waals surface area contributed by atoms with Gasteiger partial charge in [-0.15, -0.1) is 11.3 Å². The Morgan fingerprint density at radius 1 is 1.08 bits per heavy atom. The number of carbonyl (C=O) groups is 3. The number of aromatic nitrogens is 1. The van der Waals surface area contributed by atoms with Gasteiger partial charge in [-0.3, -0.25) is 24.2 Å². The average Bonchev–Trinajstić information content (AvgIpc) is 3.83. The Hall–Kier alpha value is -3.99. The topological polar surface area (TPSA) is 191 Å². The number of ether oxygens (including phenoxy) is 1. The van der Waals surface area contributed by atoms with E-state index >= 15 is 0 Å². The second-order valence-corrected chi connectivity index (χ2v) is 15.1. The Kier molecular flexibility index (Phi) is 12.2. The molecular weight excluding hydrogens is 655 g/mol. The van der Waals surface area contributed by atoms with Gasteiger partial charge in [-0.25, -0.2) is 4.98 Å². The first-order chi connectivity index (χ1) is 23.9. The van der Waals surface area contributed by atoms with Crippen LogP contribution in [0.15, 0.2) is 47.7 Å². The molecule has 2 saturated heterocycles. The summed E-state index contributed by atoms with van der Waals surface area (Å²) in [6.07, 6.45) is 6.51. The van der Waals surface area contributed by atoms with E-state index in [1.54, 1.807) is 12.3 Å². The number of β-amino-alcohol motifs (C(OH)–C–C–N with tert-alkyl or cyclic N) is 1. The van der Waals surface area contributed by atoms with Gasteiger partial charge in [-0.05, 0) is 43.1 Å². The molecule has 0 unspecified atom stereocenters. The van der Waals surface area contributed by atoms with Crippen LogP contribution in [0, 0.1) is 5.92 Å². The van der Waals surface area contributed by atoms with Crippen LogP contribution in [-0.4, -0.2) is 137 Å². The predicted octanol–water partition coefficient (Wildman–Crippen LogP) is -2.43. The number of amides is 3. The van der Waals surface area contributed by atoms with Crippen LogP contribution in [0.3, 0.4) is 0 Å². The highest BCUT2D eigenvalue weighted by molar-refractivity contribution is 7.17. The maximum absolute atomic E-state index is 13.6. The van der Waals surface area contributed by atoms with Crippen molar-refractivity contribution in [1.29, 1.82) is 0 Å². The molecule has 14 nitrogen and oxygen atoms in total. The standard InChI is InChI=1S/C32H48B3N9O5S/c1-49-27-21(30-38-18-24(50-30)31(48)44-9-7-20(8-10-44)43-13-11-42(12-14-43)15-16-45)3-2-4-22(27)39-23(26(37)29(47)41-32(33,34)35)17-25(36)40-28(46)19-5-6-19/h2-4,17-20,39,45H,5-16,33-37H2,1H3,(H,40,46)(H,41,47)/b25-17+,26-23+. The van der Waals surface area contributed by atoms with E-state index in [4.69, 9.17) is 16.2 Å². The molecule has 2 aromatic rings. The molecule has 1 aromatic carbocycles. The number of thiazole rings is 1. The van der Waals surface area contributed by atoms with Gasteiger partial charge in [0.25, 0.3) is 11.8 Å². The molecule has 1 aromatic heterocycles. The molecule has 2 aliphatic heterocycles. The number of aliphatic hydroxyl groups excluding tert-OH is 1. The highest BCUT2D eigenvalue weighted by atomic mass is 32.1. The number of nitrogens with one attached hydrogen (secondary N) is 3. The van der Waals surface area contributed by atoms with Crippen LogP contribution in [-0.2, 0) is 9.59 Å².